The monoisotopic (exact) mass is 371 g/mol. The first-order valence-corrected chi connectivity index (χ1v) is 9.88. The molecular formula is C18H21N5O2S. The maximum atomic E-state index is 12.0. The van der Waals surface area contributed by atoms with Crippen molar-refractivity contribution in [3.8, 4) is 0 Å². The molecule has 2 aliphatic rings. The zero-order valence-electron chi connectivity index (χ0n) is 14.4. The molecule has 2 saturated carbocycles. The van der Waals surface area contributed by atoms with E-state index in [2.05, 4.69) is 37.5 Å². The van der Waals surface area contributed by atoms with Crippen molar-refractivity contribution >= 4 is 23.7 Å². The summed E-state index contributed by atoms with van der Waals surface area (Å²) in [7, 11) is 0. The van der Waals surface area contributed by atoms with Crippen molar-refractivity contribution in [2.75, 3.05) is 5.75 Å². The second kappa shape index (κ2) is 7.49. The molecular weight excluding hydrogens is 350 g/mol. The van der Waals surface area contributed by atoms with Gasteiger partial charge in [0.05, 0.1) is 12.3 Å². The molecule has 1 aromatic carbocycles. The molecule has 1 aromatic heterocycles. The molecule has 8 heteroatoms. The van der Waals surface area contributed by atoms with E-state index >= 15 is 0 Å². The minimum Gasteiger partial charge on any atom is -0.335 e. The van der Waals surface area contributed by atoms with Crippen molar-refractivity contribution < 1.29 is 9.59 Å². The molecule has 0 spiro atoms. The highest BCUT2D eigenvalue weighted by Crippen LogP contribution is 2.40. The minimum atomic E-state index is -0.414. The summed E-state index contributed by atoms with van der Waals surface area (Å²) in [5, 5.41) is 14.4. The maximum absolute atomic E-state index is 12.0. The van der Waals surface area contributed by atoms with E-state index in [1.807, 2.05) is 18.2 Å². The number of hydrogen-bond acceptors (Lipinski definition) is 5. The van der Waals surface area contributed by atoms with Crippen LogP contribution < -0.4 is 10.6 Å². The van der Waals surface area contributed by atoms with Crippen molar-refractivity contribution in [1.29, 1.82) is 0 Å². The highest BCUT2D eigenvalue weighted by Gasteiger charge is 2.30. The number of carbonyl (C=O) groups excluding carboxylic acids is 2. The van der Waals surface area contributed by atoms with Gasteiger partial charge in [0.2, 0.25) is 5.91 Å². The Balaban J connectivity index is 1.39. The molecule has 2 fully saturated rings. The first-order chi connectivity index (χ1) is 12.7. The van der Waals surface area contributed by atoms with E-state index in [1.54, 1.807) is 0 Å². The minimum absolute atomic E-state index is 0.135. The third kappa shape index (κ3) is 4.43. The lowest BCUT2D eigenvalue weighted by Crippen LogP contribution is -2.41. The number of carbonyl (C=O) groups is 2. The first-order valence-electron chi connectivity index (χ1n) is 8.89. The van der Waals surface area contributed by atoms with E-state index in [4.69, 9.17) is 0 Å². The second-order valence-corrected chi connectivity index (χ2v) is 7.71. The molecule has 2 aromatic rings. The normalized spacial score (nSPS) is 16.3. The molecule has 0 radical (unpaired) electrons. The number of nitrogens with one attached hydrogen (secondary N) is 2. The molecule has 4 rings (SSSR count). The lowest BCUT2D eigenvalue weighted by Gasteiger charge is -2.10. The average Bonchev–Trinajstić information content (AvgIpc) is 3.55. The van der Waals surface area contributed by atoms with Crippen LogP contribution in [0.25, 0.3) is 0 Å². The molecule has 2 aliphatic carbocycles. The molecule has 0 unspecified atom stereocenters. The highest BCUT2D eigenvalue weighted by atomic mass is 32.2. The molecule has 136 valence electrons. The molecule has 26 heavy (non-hydrogen) atoms. The van der Waals surface area contributed by atoms with Gasteiger partial charge >= 0.3 is 6.03 Å². The lowest BCUT2D eigenvalue weighted by atomic mass is 10.2. The van der Waals surface area contributed by atoms with E-state index in [9.17, 15) is 9.59 Å². The smallest absolute Gasteiger partial charge is 0.321 e. The summed E-state index contributed by atoms with van der Waals surface area (Å²) in [6.45, 7) is 0.686. The Morgan fingerprint density at radius 3 is 2.58 bits per heavy atom. The van der Waals surface area contributed by atoms with Gasteiger partial charge in [-0.3, -0.25) is 10.1 Å². The van der Waals surface area contributed by atoms with Gasteiger partial charge in [0, 0.05) is 12.0 Å². The quantitative estimate of drug-likeness (QED) is 0.729. The van der Waals surface area contributed by atoms with Crippen LogP contribution in [-0.4, -0.2) is 38.5 Å². The van der Waals surface area contributed by atoms with E-state index in [1.165, 1.54) is 17.3 Å². The predicted molar refractivity (Wildman–Crippen MR) is 98.0 cm³/mol. The Hall–Kier alpha value is -2.35. The Morgan fingerprint density at radius 1 is 1.12 bits per heavy atom. The maximum Gasteiger partial charge on any atom is 0.321 e. The standard InChI is InChI=1S/C18H21N5O2S/c24-15(20-17(25)19-14-8-9-14)11-26-18-22-21-16(13-6-7-13)23(18)10-12-4-2-1-3-5-12/h1-5,13-14H,6-11H2,(H2,19,20,24,25). The largest absolute Gasteiger partial charge is 0.335 e. The number of hydrogen-bond donors (Lipinski definition) is 2. The first kappa shape index (κ1) is 17.1. The summed E-state index contributed by atoms with van der Waals surface area (Å²) < 4.78 is 2.09. The summed E-state index contributed by atoms with van der Waals surface area (Å²) >= 11 is 1.31. The number of nitrogens with zero attached hydrogens (tertiary/aromatic N) is 3. The van der Waals surface area contributed by atoms with Crippen LogP contribution in [0.4, 0.5) is 4.79 Å². The number of benzene rings is 1. The SMILES string of the molecule is O=C(CSc1nnc(C2CC2)n1Cc1ccccc1)NC(=O)NC1CC1. The Morgan fingerprint density at radius 2 is 1.88 bits per heavy atom. The topological polar surface area (TPSA) is 88.9 Å². The third-order valence-corrected chi connectivity index (χ3v) is 5.34. The van der Waals surface area contributed by atoms with E-state index in [-0.39, 0.29) is 17.7 Å². The van der Waals surface area contributed by atoms with Gasteiger partial charge < -0.3 is 9.88 Å². The predicted octanol–water partition coefficient (Wildman–Crippen LogP) is 2.28. The number of rotatable bonds is 7. The van der Waals surface area contributed by atoms with Crippen LogP contribution in [0.15, 0.2) is 35.5 Å². The van der Waals surface area contributed by atoms with Crippen LogP contribution in [0.2, 0.25) is 0 Å². The van der Waals surface area contributed by atoms with E-state index < -0.39 is 6.03 Å². The molecule has 0 aliphatic heterocycles. The summed E-state index contributed by atoms with van der Waals surface area (Å²) in [4.78, 5) is 23.6. The van der Waals surface area contributed by atoms with Gasteiger partial charge in [-0.2, -0.15) is 0 Å². The van der Waals surface area contributed by atoms with Gasteiger partial charge in [-0.05, 0) is 31.2 Å². The van der Waals surface area contributed by atoms with Crippen LogP contribution in [-0.2, 0) is 11.3 Å². The van der Waals surface area contributed by atoms with Gasteiger partial charge in [0.15, 0.2) is 5.16 Å². The van der Waals surface area contributed by atoms with Crippen LogP contribution >= 0.6 is 11.8 Å². The number of thioether (sulfide) groups is 1. The molecule has 1 heterocycles. The molecule has 0 saturated heterocycles. The second-order valence-electron chi connectivity index (χ2n) is 6.77. The summed E-state index contributed by atoms with van der Waals surface area (Å²) in [5.41, 5.74) is 1.17. The fourth-order valence-electron chi connectivity index (χ4n) is 2.71. The van der Waals surface area contributed by atoms with Gasteiger partial charge in [-0.1, -0.05) is 42.1 Å². The van der Waals surface area contributed by atoms with E-state index in [0.717, 1.165) is 31.5 Å². The number of amides is 3. The van der Waals surface area contributed by atoms with Gasteiger partial charge in [0.25, 0.3) is 0 Å². The zero-order chi connectivity index (χ0) is 17.9. The Labute approximate surface area is 155 Å². The van der Waals surface area contributed by atoms with Crippen LogP contribution in [0, 0.1) is 0 Å². The average molecular weight is 371 g/mol. The zero-order valence-corrected chi connectivity index (χ0v) is 15.2. The molecule has 7 nitrogen and oxygen atoms in total. The van der Waals surface area contributed by atoms with Gasteiger partial charge in [-0.25, -0.2) is 4.79 Å². The summed E-state index contributed by atoms with van der Waals surface area (Å²) in [6, 6.07) is 9.96. The van der Waals surface area contributed by atoms with Gasteiger partial charge in [-0.15, -0.1) is 10.2 Å². The fraction of sp³-hybridized carbons (Fsp3) is 0.444. The van der Waals surface area contributed by atoms with Crippen LogP contribution in [0.1, 0.15) is 43.0 Å². The molecule has 3 amide bonds. The lowest BCUT2D eigenvalue weighted by molar-refractivity contribution is -0.117. The Bertz CT molecular complexity index is 799. The van der Waals surface area contributed by atoms with Crippen LogP contribution in [0.3, 0.4) is 0 Å². The highest BCUT2D eigenvalue weighted by molar-refractivity contribution is 7.99. The summed E-state index contributed by atoms with van der Waals surface area (Å²) in [5.74, 6) is 1.27. The van der Waals surface area contributed by atoms with E-state index in [0.29, 0.717) is 17.6 Å². The van der Waals surface area contributed by atoms with Crippen LogP contribution in [0.5, 0.6) is 0 Å². The Kier molecular flexibility index (Phi) is 4.92. The summed E-state index contributed by atoms with van der Waals surface area (Å²) in [6.07, 6.45) is 4.25. The van der Waals surface area contributed by atoms with Crippen molar-refractivity contribution in [2.24, 2.45) is 0 Å². The third-order valence-electron chi connectivity index (χ3n) is 4.37. The van der Waals surface area contributed by atoms with Gasteiger partial charge in [0.1, 0.15) is 5.82 Å². The number of imide groups is 1. The number of aromatic nitrogens is 3. The van der Waals surface area contributed by atoms with Crippen molar-refractivity contribution in [1.82, 2.24) is 25.4 Å². The molecule has 2 N–H and O–H groups in total. The molecule has 0 bridgehead atoms. The fourth-order valence-corrected chi connectivity index (χ4v) is 3.45. The van der Waals surface area contributed by atoms with Crippen molar-refractivity contribution in [3.63, 3.8) is 0 Å². The number of urea groups is 1. The van der Waals surface area contributed by atoms with Crippen molar-refractivity contribution in [3.05, 3.63) is 41.7 Å². The van der Waals surface area contributed by atoms with Crippen molar-refractivity contribution in [2.45, 2.75) is 49.3 Å². The molecule has 0 atom stereocenters.